The number of hydrogen-bond acceptors (Lipinski definition) is 2. The van der Waals surface area contributed by atoms with Gasteiger partial charge in [-0.3, -0.25) is 0 Å². The molecule has 2 unspecified atom stereocenters. The number of benzene rings is 1. The Morgan fingerprint density at radius 3 is 2.67 bits per heavy atom. The average Bonchev–Trinajstić information content (AvgIpc) is 2.71. The van der Waals surface area contributed by atoms with Crippen LogP contribution < -0.4 is 5.32 Å². The zero-order valence-electron chi connectivity index (χ0n) is 12.4. The third-order valence-electron chi connectivity index (χ3n) is 4.18. The molecule has 1 N–H and O–H groups in total. The maximum absolute atomic E-state index is 12.9. The van der Waals surface area contributed by atoms with E-state index in [1.54, 1.807) is 0 Å². The molecule has 1 aliphatic rings. The molecule has 1 heterocycles. The summed E-state index contributed by atoms with van der Waals surface area (Å²) in [5, 5.41) is 2.89. The Labute approximate surface area is 124 Å². The summed E-state index contributed by atoms with van der Waals surface area (Å²) in [5.41, 5.74) is 1.25. The second-order valence-electron chi connectivity index (χ2n) is 5.84. The predicted molar refractivity (Wildman–Crippen MR) is 78.3 cm³/mol. The van der Waals surface area contributed by atoms with Gasteiger partial charge in [-0.2, -0.15) is 13.2 Å². The number of hydrogen-bond donors (Lipinski definition) is 1. The lowest BCUT2D eigenvalue weighted by Gasteiger charge is -2.26. The molecule has 0 amide bonds. The van der Waals surface area contributed by atoms with E-state index in [9.17, 15) is 13.2 Å². The third-order valence-corrected chi connectivity index (χ3v) is 4.18. The Morgan fingerprint density at radius 2 is 2.00 bits per heavy atom. The molecule has 2 atom stereocenters. The molecule has 21 heavy (non-hydrogen) atoms. The van der Waals surface area contributed by atoms with Gasteiger partial charge in [0.1, 0.15) is 0 Å². The van der Waals surface area contributed by atoms with Crippen molar-refractivity contribution < 1.29 is 13.2 Å². The summed E-state index contributed by atoms with van der Waals surface area (Å²) in [6.07, 6.45) is -3.23. The van der Waals surface area contributed by atoms with Crippen molar-refractivity contribution in [3.63, 3.8) is 0 Å². The Kier molecular flexibility index (Phi) is 5.65. The fraction of sp³-hybridized carbons (Fsp3) is 0.625. The standard InChI is InChI=1S/C16H23F3N2/c1-13(14-5-3-2-4-6-14)7-9-21-10-8-20-11-15(12-21)16(17,18)19/h2-6,13,15,20H,7-12H2,1H3. The smallest absolute Gasteiger partial charge is 0.315 e. The number of nitrogens with one attached hydrogen (secondary N) is 1. The molecule has 0 bridgehead atoms. The van der Waals surface area contributed by atoms with Crippen molar-refractivity contribution in [2.45, 2.75) is 25.4 Å². The van der Waals surface area contributed by atoms with Gasteiger partial charge in [-0.1, -0.05) is 37.3 Å². The molecule has 2 rings (SSSR count). The number of halogens is 3. The molecule has 1 saturated heterocycles. The molecule has 1 aliphatic heterocycles. The maximum Gasteiger partial charge on any atom is 0.394 e. The topological polar surface area (TPSA) is 15.3 Å². The Morgan fingerprint density at radius 1 is 1.29 bits per heavy atom. The van der Waals surface area contributed by atoms with Crippen LogP contribution in [-0.4, -0.2) is 43.8 Å². The molecule has 0 spiro atoms. The Bertz CT molecular complexity index is 419. The van der Waals surface area contributed by atoms with Crippen LogP contribution in [0.1, 0.15) is 24.8 Å². The van der Waals surface area contributed by atoms with Crippen molar-refractivity contribution in [3.8, 4) is 0 Å². The van der Waals surface area contributed by atoms with Crippen LogP contribution in [0.4, 0.5) is 13.2 Å². The molecule has 5 heteroatoms. The average molecular weight is 300 g/mol. The van der Waals surface area contributed by atoms with Crippen molar-refractivity contribution in [2.75, 3.05) is 32.7 Å². The van der Waals surface area contributed by atoms with Crippen LogP contribution in [0.25, 0.3) is 0 Å². The summed E-state index contributed by atoms with van der Waals surface area (Å²) in [6, 6.07) is 10.1. The highest BCUT2D eigenvalue weighted by molar-refractivity contribution is 5.18. The largest absolute Gasteiger partial charge is 0.394 e. The molecule has 118 valence electrons. The van der Waals surface area contributed by atoms with Gasteiger partial charge >= 0.3 is 6.18 Å². The van der Waals surface area contributed by atoms with Crippen LogP contribution >= 0.6 is 0 Å². The van der Waals surface area contributed by atoms with Crippen molar-refractivity contribution in [1.82, 2.24) is 10.2 Å². The minimum absolute atomic E-state index is 0.0360. The van der Waals surface area contributed by atoms with Crippen LogP contribution in [0.2, 0.25) is 0 Å². The van der Waals surface area contributed by atoms with Gasteiger partial charge in [0.25, 0.3) is 0 Å². The lowest BCUT2D eigenvalue weighted by Crippen LogP contribution is -2.38. The van der Waals surface area contributed by atoms with Gasteiger partial charge in [0.05, 0.1) is 5.92 Å². The Balaban J connectivity index is 1.87. The van der Waals surface area contributed by atoms with E-state index < -0.39 is 12.1 Å². The van der Waals surface area contributed by atoms with E-state index in [1.165, 1.54) is 5.56 Å². The van der Waals surface area contributed by atoms with Gasteiger partial charge in [-0.25, -0.2) is 0 Å². The summed E-state index contributed by atoms with van der Waals surface area (Å²) in [5.74, 6) is -0.890. The van der Waals surface area contributed by atoms with Crippen molar-refractivity contribution >= 4 is 0 Å². The molecule has 2 nitrogen and oxygen atoms in total. The second kappa shape index (κ2) is 7.27. The third kappa shape index (κ3) is 5.00. The summed E-state index contributed by atoms with van der Waals surface area (Å²) in [4.78, 5) is 1.94. The van der Waals surface area contributed by atoms with Crippen molar-refractivity contribution in [2.24, 2.45) is 5.92 Å². The van der Waals surface area contributed by atoms with Crippen LogP contribution in [0, 0.1) is 5.92 Å². The molecule has 1 aromatic carbocycles. The van der Waals surface area contributed by atoms with E-state index in [2.05, 4.69) is 24.4 Å². The number of nitrogens with zero attached hydrogens (tertiary/aromatic N) is 1. The highest BCUT2D eigenvalue weighted by atomic mass is 19.4. The molecule has 1 aromatic rings. The lowest BCUT2D eigenvalue weighted by atomic mass is 9.97. The minimum atomic E-state index is -4.11. The van der Waals surface area contributed by atoms with Gasteiger partial charge in [0.2, 0.25) is 0 Å². The van der Waals surface area contributed by atoms with Crippen LogP contribution in [-0.2, 0) is 0 Å². The fourth-order valence-electron chi connectivity index (χ4n) is 2.73. The first-order chi connectivity index (χ1) is 9.97. The summed E-state index contributed by atoms with van der Waals surface area (Å²) >= 11 is 0. The monoisotopic (exact) mass is 300 g/mol. The maximum atomic E-state index is 12.9. The lowest BCUT2D eigenvalue weighted by molar-refractivity contribution is -0.175. The van der Waals surface area contributed by atoms with E-state index in [0.717, 1.165) is 6.42 Å². The quantitative estimate of drug-likeness (QED) is 0.918. The molecular weight excluding hydrogens is 277 g/mol. The van der Waals surface area contributed by atoms with Gasteiger partial charge in [0.15, 0.2) is 0 Å². The van der Waals surface area contributed by atoms with Crippen LogP contribution in [0.15, 0.2) is 30.3 Å². The van der Waals surface area contributed by atoms with Crippen LogP contribution in [0.3, 0.4) is 0 Å². The van der Waals surface area contributed by atoms with Crippen molar-refractivity contribution in [3.05, 3.63) is 35.9 Å². The predicted octanol–water partition coefficient (Wildman–Crippen LogP) is 3.26. The summed E-state index contributed by atoms with van der Waals surface area (Å²) in [7, 11) is 0. The first kappa shape index (κ1) is 16.3. The van der Waals surface area contributed by atoms with Gasteiger partial charge in [-0.05, 0) is 24.4 Å². The second-order valence-corrected chi connectivity index (χ2v) is 5.84. The zero-order chi connectivity index (χ0) is 15.3. The van der Waals surface area contributed by atoms with E-state index in [-0.39, 0.29) is 13.1 Å². The first-order valence-electron chi connectivity index (χ1n) is 7.51. The van der Waals surface area contributed by atoms with Gasteiger partial charge in [-0.15, -0.1) is 0 Å². The van der Waals surface area contributed by atoms with Gasteiger partial charge in [0, 0.05) is 26.2 Å². The first-order valence-corrected chi connectivity index (χ1v) is 7.51. The number of alkyl halides is 3. The molecular formula is C16H23F3N2. The molecule has 1 fully saturated rings. The summed E-state index contributed by atoms with van der Waals surface area (Å²) < 4.78 is 38.7. The molecule has 0 aliphatic carbocycles. The van der Waals surface area contributed by atoms with E-state index in [4.69, 9.17) is 0 Å². The minimum Gasteiger partial charge on any atom is -0.315 e. The van der Waals surface area contributed by atoms with Crippen LogP contribution in [0.5, 0.6) is 0 Å². The van der Waals surface area contributed by atoms with Crippen molar-refractivity contribution in [1.29, 1.82) is 0 Å². The number of rotatable bonds is 4. The van der Waals surface area contributed by atoms with E-state index in [1.807, 2.05) is 23.1 Å². The van der Waals surface area contributed by atoms with Gasteiger partial charge < -0.3 is 10.2 Å². The molecule has 0 saturated carbocycles. The van der Waals surface area contributed by atoms with E-state index >= 15 is 0 Å². The molecule has 0 aromatic heterocycles. The normalized spacial score (nSPS) is 22.8. The Hall–Kier alpha value is -1.07. The zero-order valence-corrected chi connectivity index (χ0v) is 12.4. The highest BCUT2D eigenvalue weighted by Gasteiger charge is 2.40. The fourth-order valence-corrected chi connectivity index (χ4v) is 2.73. The molecule has 0 radical (unpaired) electrons. The van der Waals surface area contributed by atoms with E-state index in [0.29, 0.717) is 25.6 Å². The highest BCUT2D eigenvalue weighted by Crippen LogP contribution is 2.28. The summed E-state index contributed by atoms with van der Waals surface area (Å²) in [6.45, 7) is 4.31. The SMILES string of the molecule is CC(CCN1CCNCC(C(F)(F)F)C1)c1ccccc1.